The highest BCUT2D eigenvalue weighted by Gasteiger charge is 2.54. The highest BCUT2D eigenvalue weighted by Crippen LogP contribution is 2.44. The Hall–Kier alpha value is -1.70. The van der Waals surface area contributed by atoms with Crippen LogP contribution in [0.5, 0.6) is 0 Å². The molecule has 0 fully saturated rings. The van der Waals surface area contributed by atoms with Crippen LogP contribution in [0.2, 0.25) is 0 Å². The van der Waals surface area contributed by atoms with E-state index in [1.54, 1.807) is 13.1 Å². The third-order valence-corrected chi connectivity index (χ3v) is 5.93. The molecule has 2 aliphatic rings. The van der Waals surface area contributed by atoms with Crippen molar-refractivity contribution in [3.05, 3.63) is 73.3 Å². The Balaban J connectivity index is 2.15. The summed E-state index contributed by atoms with van der Waals surface area (Å²) in [6, 6.07) is 9.93. The molecule has 128 valence electrons. The Kier molecular flexibility index (Phi) is 3.62. The molecular weight excluding hydrogens is 432 g/mol. The van der Waals surface area contributed by atoms with Crippen molar-refractivity contribution < 1.29 is 13.1 Å². The molecule has 0 amide bonds. The van der Waals surface area contributed by atoms with Crippen LogP contribution in [0.4, 0.5) is 8.63 Å². The van der Waals surface area contributed by atoms with Gasteiger partial charge in [-0.05, 0) is 85.3 Å². The van der Waals surface area contributed by atoms with Crippen molar-refractivity contribution in [3.63, 3.8) is 0 Å². The van der Waals surface area contributed by atoms with Gasteiger partial charge in [0.25, 0.3) is 0 Å². The first-order valence-corrected chi connectivity index (χ1v) is 9.34. The van der Waals surface area contributed by atoms with Gasteiger partial charge in [-0.3, -0.25) is 0 Å². The summed E-state index contributed by atoms with van der Waals surface area (Å²) in [5.41, 5.74) is 6.42. The molecule has 0 atom stereocenters. The molecule has 0 N–H and O–H groups in total. The number of halogens is 3. The molecule has 0 saturated carbocycles. The minimum Gasteiger partial charge on any atom is -0.393 e. The van der Waals surface area contributed by atoms with Gasteiger partial charge in [0.05, 0.1) is 5.57 Å². The average molecular weight is 450 g/mol. The maximum atomic E-state index is 15.4. The van der Waals surface area contributed by atoms with E-state index in [0.717, 1.165) is 31.4 Å². The Morgan fingerprint density at radius 1 is 1.04 bits per heavy atom. The van der Waals surface area contributed by atoms with Gasteiger partial charge >= 0.3 is 6.97 Å². The van der Waals surface area contributed by atoms with Gasteiger partial charge in [0.2, 0.25) is 0 Å². The summed E-state index contributed by atoms with van der Waals surface area (Å²) in [7, 11) is 0. The standard InChI is InChI=1S/C19H18BF2IN2/c1-11-9-13(3)25-18(11)17(15-5-7-16(23)8-6-15)19-14(4)12(2)10-24(19)20(25,21)22/h5-10H,1-4H3. The van der Waals surface area contributed by atoms with E-state index >= 15 is 8.63 Å². The van der Waals surface area contributed by atoms with Crippen LogP contribution in [0.3, 0.4) is 0 Å². The fourth-order valence-corrected chi connectivity index (χ4v) is 4.33. The maximum Gasteiger partial charge on any atom is 0.737 e. The molecule has 0 bridgehead atoms. The number of hydrogen-bond donors (Lipinski definition) is 0. The molecule has 0 unspecified atom stereocenters. The van der Waals surface area contributed by atoms with E-state index in [1.165, 1.54) is 8.96 Å². The fraction of sp³-hybridized carbons (Fsp3) is 0.211. The third-order valence-electron chi connectivity index (χ3n) is 5.21. The van der Waals surface area contributed by atoms with Gasteiger partial charge in [-0.15, -0.1) is 0 Å². The van der Waals surface area contributed by atoms with E-state index < -0.39 is 6.97 Å². The topological polar surface area (TPSA) is 7.94 Å². The van der Waals surface area contributed by atoms with Crippen LogP contribution in [0.25, 0.3) is 5.57 Å². The Morgan fingerprint density at radius 3 is 2.32 bits per heavy atom. The van der Waals surface area contributed by atoms with Crippen molar-refractivity contribution in [1.82, 2.24) is 4.48 Å². The summed E-state index contributed by atoms with van der Waals surface area (Å²) in [5, 5.41) is 0. The van der Waals surface area contributed by atoms with Crippen molar-refractivity contribution >= 4 is 41.3 Å². The molecule has 2 aromatic rings. The van der Waals surface area contributed by atoms with Crippen molar-refractivity contribution in [2.45, 2.75) is 27.7 Å². The summed E-state index contributed by atoms with van der Waals surface area (Å²) in [4.78, 5) is 0. The second-order valence-electron chi connectivity index (χ2n) is 6.85. The minimum absolute atomic E-state index is 0.593. The van der Waals surface area contributed by atoms with Gasteiger partial charge in [-0.1, -0.05) is 12.1 Å². The summed E-state index contributed by atoms with van der Waals surface area (Å²) in [5.74, 6) is 0. The maximum absolute atomic E-state index is 15.4. The van der Waals surface area contributed by atoms with Gasteiger partial charge in [0.1, 0.15) is 6.21 Å². The predicted molar refractivity (Wildman–Crippen MR) is 107 cm³/mol. The number of aryl methyl sites for hydroxylation is 2. The average Bonchev–Trinajstić information content (AvgIpc) is 3.01. The monoisotopic (exact) mass is 450 g/mol. The summed E-state index contributed by atoms with van der Waals surface area (Å²) in [6.07, 6.45) is 1.59. The third kappa shape index (κ3) is 2.22. The second kappa shape index (κ2) is 5.40. The number of benzene rings is 1. The van der Waals surface area contributed by atoms with Crippen LogP contribution in [0, 0.1) is 17.4 Å². The summed E-state index contributed by atoms with van der Waals surface area (Å²) in [6.45, 7) is 3.61. The first-order chi connectivity index (χ1) is 11.7. The Labute approximate surface area is 159 Å². The lowest BCUT2D eigenvalue weighted by Gasteiger charge is -2.33. The number of fused-ring (bicyclic) bond motifs is 2. The highest BCUT2D eigenvalue weighted by atomic mass is 127. The van der Waals surface area contributed by atoms with E-state index in [9.17, 15) is 0 Å². The normalized spacial score (nSPS) is 18.4. The molecule has 0 spiro atoms. The molecule has 4 rings (SSSR count). The van der Waals surface area contributed by atoms with Crippen molar-refractivity contribution in [2.75, 3.05) is 0 Å². The molecule has 3 heterocycles. The molecule has 25 heavy (non-hydrogen) atoms. The molecule has 6 heteroatoms. The van der Waals surface area contributed by atoms with Gasteiger partial charge < -0.3 is 17.6 Å². The molecular formula is C19H18BF2IN2. The van der Waals surface area contributed by atoms with Crippen LogP contribution in [0.1, 0.15) is 36.4 Å². The largest absolute Gasteiger partial charge is 0.737 e. The fourth-order valence-electron chi connectivity index (χ4n) is 3.97. The molecule has 0 saturated heterocycles. The van der Waals surface area contributed by atoms with Gasteiger partial charge in [0, 0.05) is 20.4 Å². The van der Waals surface area contributed by atoms with Crippen LogP contribution in [-0.2, 0) is 0 Å². The zero-order valence-corrected chi connectivity index (χ0v) is 16.7. The number of nitrogens with zero attached hydrogens (tertiary/aromatic N) is 2. The lowest BCUT2D eigenvalue weighted by molar-refractivity contribution is -0.358. The van der Waals surface area contributed by atoms with E-state index in [4.69, 9.17) is 0 Å². The summed E-state index contributed by atoms with van der Waals surface area (Å²) < 4.78 is 34.3. The van der Waals surface area contributed by atoms with Gasteiger partial charge in [-0.25, -0.2) is 0 Å². The summed E-state index contributed by atoms with van der Waals surface area (Å²) >= 11 is 2.26. The zero-order chi connectivity index (χ0) is 18.1. The van der Waals surface area contributed by atoms with E-state index in [-0.39, 0.29) is 0 Å². The van der Waals surface area contributed by atoms with E-state index in [1.807, 2.05) is 51.1 Å². The predicted octanol–water partition coefficient (Wildman–Crippen LogP) is 5.14. The SMILES string of the molecule is CC1=C(C)C2=C(c3ccc(I)cc3)c3c(C)cc(C)n3[B-](F)(F)[N+]2=C1. The first kappa shape index (κ1) is 16.8. The Bertz CT molecular complexity index is 1010. The van der Waals surface area contributed by atoms with Crippen LogP contribution < -0.4 is 0 Å². The minimum atomic E-state index is -3.89. The number of hydrogen-bond acceptors (Lipinski definition) is 0. The molecule has 2 aliphatic heterocycles. The molecule has 1 aromatic carbocycles. The van der Waals surface area contributed by atoms with E-state index in [0.29, 0.717) is 17.1 Å². The van der Waals surface area contributed by atoms with Gasteiger partial charge in [-0.2, -0.15) is 0 Å². The molecule has 2 nitrogen and oxygen atoms in total. The lowest BCUT2D eigenvalue weighted by Crippen LogP contribution is -2.50. The van der Waals surface area contributed by atoms with Crippen LogP contribution >= 0.6 is 22.6 Å². The lowest BCUT2D eigenvalue weighted by atomic mass is 9.84. The number of allylic oxidation sites excluding steroid dienone is 2. The molecule has 0 aliphatic carbocycles. The quantitative estimate of drug-likeness (QED) is 0.420. The number of rotatable bonds is 1. The van der Waals surface area contributed by atoms with Crippen LogP contribution in [0.15, 0.2) is 47.2 Å². The number of aromatic nitrogens is 1. The molecule has 1 aromatic heterocycles. The second-order valence-corrected chi connectivity index (χ2v) is 8.10. The van der Waals surface area contributed by atoms with Gasteiger partial charge in [0.15, 0.2) is 5.70 Å². The first-order valence-electron chi connectivity index (χ1n) is 8.26. The Morgan fingerprint density at radius 2 is 1.68 bits per heavy atom. The van der Waals surface area contributed by atoms with Crippen molar-refractivity contribution in [1.29, 1.82) is 0 Å². The van der Waals surface area contributed by atoms with E-state index in [2.05, 4.69) is 22.6 Å². The van der Waals surface area contributed by atoms with Crippen molar-refractivity contribution in [2.24, 2.45) is 0 Å². The zero-order valence-electron chi connectivity index (χ0n) is 14.6. The van der Waals surface area contributed by atoms with Crippen molar-refractivity contribution in [3.8, 4) is 0 Å². The molecule has 0 radical (unpaired) electrons. The van der Waals surface area contributed by atoms with Crippen LogP contribution in [-0.4, -0.2) is 22.1 Å². The highest BCUT2D eigenvalue weighted by molar-refractivity contribution is 14.1. The smallest absolute Gasteiger partial charge is 0.393 e.